The molecule has 0 saturated heterocycles. The molecule has 16 heavy (non-hydrogen) atoms. The van der Waals surface area contributed by atoms with Crippen LogP contribution in [0.25, 0.3) is 10.6 Å². The normalized spacial score (nSPS) is 11.8. The van der Waals surface area contributed by atoms with Gasteiger partial charge >= 0.3 is 0 Å². The third-order valence-electron chi connectivity index (χ3n) is 2.62. The van der Waals surface area contributed by atoms with E-state index in [0.29, 0.717) is 0 Å². The van der Waals surface area contributed by atoms with Crippen molar-refractivity contribution in [1.82, 2.24) is 4.98 Å². The molecule has 0 aliphatic heterocycles. The number of nitrogens with zero attached hydrogens (tertiary/aromatic N) is 1. The molecular formula is C14H17NS. The maximum Gasteiger partial charge on any atom is 0.123 e. The highest BCUT2D eigenvalue weighted by Gasteiger charge is 2.13. The summed E-state index contributed by atoms with van der Waals surface area (Å²) in [5.41, 5.74) is 2.80. The van der Waals surface area contributed by atoms with Crippen LogP contribution in [0.2, 0.25) is 0 Å². The van der Waals surface area contributed by atoms with Crippen molar-refractivity contribution in [3.63, 3.8) is 0 Å². The Hall–Kier alpha value is -1.15. The van der Waals surface area contributed by atoms with Gasteiger partial charge in [-0.2, -0.15) is 0 Å². The van der Waals surface area contributed by atoms with Gasteiger partial charge in [-0.05, 0) is 17.9 Å². The van der Waals surface area contributed by atoms with Gasteiger partial charge in [-0.1, -0.05) is 45.0 Å². The van der Waals surface area contributed by atoms with Crippen molar-refractivity contribution in [3.8, 4) is 10.6 Å². The number of thiazole rings is 1. The highest BCUT2D eigenvalue weighted by Crippen LogP contribution is 2.28. The number of hydrogen-bond donors (Lipinski definition) is 0. The first-order chi connectivity index (χ1) is 7.47. The molecule has 0 radical (unpaired) electrons. The number of hydrogen-bond acceptors (Lipinski definition) is 2. The molecule has 1 aromatic carbocycles. The smallest absolute Gasteiger partial charge is 0.123 e. The van der Waals surface area contributed by atoms with Crippen LogP contribution in [0.3, 0.4) is 0 Å². The van der Waals surface area contributed by atoms with Crippen molar-refractivity contribution in [2.24, 2.45) is 0 Å². The summed E-state index contributed by atoms with van der Waals surface area (Å²) < 4.78 is 0. The lowest BCUT2D eigenvalue weighted by molar-refractivity contribution is 0.590. The summed E-state index contributed by atoms with van der Waals surface area (Å²) in [6.07, 6.45) is 1.93. The van der Waals surface area contributed by atoms with Gasteiger partial charge < -0.3 is 0 Å². The third kappa shape index (κ3) is 2.33. The van der Waals surface area contributed by atoms with Gasteiger partial charge in [-0.15, -0.1) is 11.3 Å². The molecule has 0 N–H and O–H groups in total. The number of aromatic nitrogens is 1. The predicted molar refractivity (Wildman–Crippen MR) is 71.0 cm³/mol. The topological polar surface area (TPSA) is 12.9 Å². The minimum absolute atomic E-state index is 0.220. The third-order valence-corrected chi connectivity index (χ3v) is 3.58. The largest absolute Gasteiger partial charge is 0.244 e. The fourth-order valence-corrected chi connectivity index (χ4v) is 2.37. The lowest BCUT2D eigenvalue weighted by Gasteiger charge is -2.18. The van der Waals surface area contributed by atoms with E-state index in [9.17, 15) is 0 Å². The summed E-state index contributed by atoms with van der Waals surface area (Å²) in [5.74, 6) is 0. The second-order valence-corrected chi connectivity index (χ2v) is 6.34. The molecule has 1 nitrogen and oxygen atoms in total. The van der Waals surface area contributed by atoms with Gasteiger partial charge in [0.05, 0.1) is 0 Å². The fourth-order valence-electron chi connectivity index (χ4n) is 1.60. The van der Waals surface area contributed by atoms with Crippen molar-refractivity contribution in [2.75, 3.05) is 0 Å². The first-order valence-electron chi connectivity index (χ1n) is 5.50. The van der Waals surface area contributed by atoms with E-state index >= 15 is 0 Å². The van der Waals surface area contributed by atoms with E-state index in [1.165, 1.54) is 16.0 Å². The zero-order valence-corrected chi connectivity index (χ0v) is 11.1. The van der Waals surface area contributed by atoms with Crippen molar-refractivity contribution in [1.29, 1.82) is 0 Å². The lowest BCUT2D eigenvalue weighted by Crippen LogP contribution is -2.10. The molecule has 1 heterocycles. The van der Waals surface area contributed by atoms with Crippen LogP contribution < -0.4 is 0 Å². The molecular weight excluding hydrogens is 214 g/mol. The Kier molecular flexibility index (Phi) is 2.85. The van der Waals surface area contributed by atoms with E-state index in [1.54, 1.807) is 11.3 Å². The van der Waals surface area contributed by atoms with Crippen LogP contribution in [0.15, 0.2) is 30.5 Å². The molecule has 0 amide bonds. The quantitative estimate of drug-likeness (QED) is 0.708. The first-order valence-corrected chi connectivity index (χ1v) is 6.32. The molecule has 84 valence electrons. The zero-order valence-electron chi connectivity index (χ0n) is 10.2. The van der Waals surface area contributed by atoms with Crippen LogP contribution in [0.5, 0.6) is 0 Å². The second kappa shape index (κ2) is 4.02. The molecule has 0 spiro atoms. The van der Waals surface area contributed by atoms with E-state index in [2.05, 4.69) is 56.9 Å². The Labute approximate surface area is 101 Å². The average molecular weight is 231 g/mol. The molecule has 0 atom stereocenters. The maximum atomic E-state index is 4.40. The molecule has 0 aliphatic carbocycles. The molecule has 2 rings (SSSR count). The Morgan fingerprint density at radius 1 is 1.06 bits per heavy atom. The lowest BCUT2D eigenvalue weighted by atomic mass is 9.87. The molecule has 0 aliphatic rings. The standard InChI is InChI=1S/C14H17NS/c1-10-9-15-13(16-10)11-5-7-12(8-6-11)14(2,3)4/h5-9H,1-4H3. The SMILES string of the molecule is Cc1cnc(-c2ccc(C(C)(C)C)cc2)s1. The minimum Gasteiger partial charge on any atom is -0.244 e. The fraction of sp³-hybridized carbons (Fsp3) is 0.357. The van der Waals surface area contributed by atoms with E-state index in [-0.39, 0.29) is 5.41 Å². The van der Waals surface area contributed by atoms with Gasteiger partial charge in [0, 0.05) is 16.6 Å². The van der Waals surface area contributed by atoms with Gasteiger partial charge in [0.15, 0.2) is 0 Å². The van der Waals surface area contributed by atoms with Gasteiger partial charge in [0.2, 0.25) is 0 Å². The van der Waals surface area contributed by atoms with Crippen molar-refractivity contribution < 1.29 is 0 Å². The van der Waals surface area contributed by atoms with Gasteiger partial charge in [0.25, 0.3) is 0 Å². The van der Waals surface area contributed by atoms with Crippen LogP contribution in [-0.4, -0.2) is 4.98 Å². The van der Waals surface area contributed by atoms with Crippen LogP contribution in [0, 0.1) is 6.92 Å². The zero-order chi connectivity index (χ0) is 11.8. The average Bonchev–Trinajstić information content (AvgIpc) is 2.64. The van der Waals surface area contributed by atoms with E-state index in [1.807, 2.05) is 6.20 Å². The Morgan fingerprint density at radius 2 is 1.69 bits per heavy atom. The molecule has 2 aromatic rings. The van der Waals surface area contributed by atoms with Gasteiger partial charge in [-0.3, -0.25) is 0 Å². The van der Waals surface area contributed by atoms with E-state index in [4.69, 9.17) is 0 Å². The second-order valence-electron chi connectivity index (χ2n) is 5.10. The van der Waals surface area contributed by atoms with E-state index < -0.39 is 0 Å². The summed E-state index contributed by atoms with van der Waals surface area (Å²) in [6, 6.07) is 8.73. The van der Waals surface area contributed by atoms with E-state index in [0.717, 1.165) is 5.01 Å². The molecule has 0 bridgehead atoms. The monoisotopic (exact) mass is 231 g/mol. The summed E-state index contributed by atoms with van der Waals surface area (Å²) in [4.78, 5) is 5.66. The van der Waals surface area contributed by atoms with Crippen LogP contribution in [0.1, 0.15) is 31.2 Å². The summed E-state index contributed by atoms with van der Waals surface area (Å²) in [7, 11) is 0. The van der Waals surface area contributed by atoms with Gasteiger partial charge in [0.1, 0.15) is 5.01 Å². The summed E-state index contributed by atoms with van der Waals surface area (Å²) in [6.45, 7) is 8.78. The van der Waals surface area contributed by atoms with Crippen molar-refractivity contribution in [2.45, 2.75) is 33.1 Å². The molecule has 2 heteroatoms. The molecule has 1 aromatic heterocycles. The summed E-state index contributed by atoms with van der Waals surface area (Å²) >= 11 is 1.74. The first kappa shape index (κ1) is 11.3. The van der Waals surface area contributed by atoms with Crippen LogP contribution in [-0.2, 0) is 5.41 Å². The maximum absolute atomic E-state index is 4.40. The number of benzene rings is 1. The van der Waals surface area contributed by atoms with Crippen molar-refractivity contribution in [3.05, 3.63) is 40.9 Å². The van der Waals surface area contributed by atoms with Crippen LogP contribution >= 0.6 is 11.3 Å². The number of rotatable bonds is 1. The van der Waals surface area contributed by atoms with Crippen molar-refractivity contribution >= 4 is 11.3 Å². The Morgan fingerprint density at radius 3 is 2.12 bits per heavy atom. The minimum atomic E-state index is 0.220. The molecule has 0 fully saturated rings. The Bertz CT molecular complexity index is 474. The molecule has 0 saturated carbocycles. The highest BCUT2D eigenvalue weighted by molar-refractivity contribution is 7.14. The predicted octanol–water partition coefficient (Wildman–Crippen LogP) is 4.42. The van der Waals surface area contributed by atoms with Crippen LogP contribution in [0.4, 0.5) is 0 Å². The van der Waals surface area contributed by atoms with Gasteiger partial charge in [-0.25, -0.2) is 4.98 Å². The number of aryl methyl sites for hydroxylation is 1. The summed E-state index contributed by atoms with van der Waals surface area (Å²) in [5, 5.41) is 1.11. The molecule has 0 unspecified atom stereocenters. The Balaban J connectivity index is 2.33. The highest BCUT2D eigenvalue weighted by atomic mass is 32.1.